The minimum atomic E-state index is -0.397. The van der Waals surface area contributed by atoms with Gasteiger partial charge in [0.25, 0.3) is 11.6 Å². The fourth-order valence-corrected chi connectivity index (χ4v) is 4.46. The van der Waals surface area contributed by atoms with Gasteiger partial charge < -0.3 is 14.5 Å². The summed E-state index contributed by atoms with van der Waals surface area (Å²) in [5, 5.41) is 11.5. The monoisotopic (exact) mass is 438 g/mol. The summed E-state index contributed by atoms with van der Waals surface area (Å²) in [6, 6.07) is 14.2. The number of non-ortho nitro benzene ring substituents is 1. The van der Waals surface area contributed by atoms with E-state index < -0.39 is 4.92 Å². The van der Waals surface area contributed by atoms with E-state index in [1.165, 1.54) is 23.9 Å². The average molecular weight is 439 g/mol. The van der Waals surface area contributed by atoms with Gasteiger partial charge in [0.1, 0.15) is 5.75 Å². The molecule has 160 valence electrons. The number of carbonyl (C=O) groups is 1. The van der Waals surface area contributed by atoms with Gasteiger partial charge in [-0.3, -0.25) is 14.9 Å². The quantitative estimate of drug-likeness (QED) is 0.399. The third-order valence-electron chi connectivity index (χ3n) is 5.09. The molecule has 2 aliphatic rings. The van der Waals surface area contributed by atoms with Crippen LogP contribution in [0.15, 0.2) is 58.4 Å². The molecule has 0 atom stereocenters. The van der Waals surface area contributed by atoms with Gasteiger partial charge in [-0.2, -0.15) is 4.99 Å². The minimum Gasteiger partial charge on any atom is -0.493 e. The first-order chi connectivity index (χ1) is 15.0. The van der Waals surface area contributed by atoms with Crippen molar-refractivity contribution in [2.45, 2.75) is 6.92 Å². The number of thioether (sulfide) groups is 1. The minimum absolute atomic E-state index is 0.0860. The summed E-state index contributed by atoms with van der Waals surface area (Å²) < 4.78 is 5.64. The highest BCUT2D eigenvalue weighted by molar-refractivity contribution is 8.18. The van der Waals surface area contributed by atoms with Crippen LogP contribution in [-0.4, -0.2) is 53.7 Å². The van der Waals surface area contributed by atoms with Crippen LogP contribution in [0.2, 0.25) is 0 Å². The van der Waals surface area contributed by atoms with Gasteiger partial charge in [-0.15, -0.1) is 0 Å². The number of amidine groups is 1. The number of rotatable bonds is 5. The highest BCUT2D eigenvalue weighted by atomic mass is 32.2. The maximum absolute atomic E-state index is 12.5. The van der Waals surface area contributed by atoms with Crippen LogP contribution in [0.1, 0.15) is 12.5 Å². The molecule has 0 aromatic heterocycles. The van der Waals surface area contributed by atoms with E-state index in [4.69, 9.17) is 4.74 Å². The van der Waals surface area contributed by atoms with Crippen molar-refractivity contribution in [3.8, 4) is 5.75 Å². The number of hydrogen-bond acceptors (Lipinski definition) is 7. The number of carbonyl (C=O) groups excluding carboxylic acids is 1. The second-order valence-corrected chi connectivity index (χ2v) is 8.04. The Morgan fingerprint density at radius 3 is 2.45 bits per heavy atom. The van der Waals surface area contributed by atoms with Crippen LogP contribution in [0.3, 0.4) is 0 Å². The molecule has 0 aliphatic carbocycles. The predicted molar refractivity (Wildman–Crippen MR) is 123 cm³/mol. The fraction of sp³-hybridized carbons (Fsp3) is 0.273. The number of benzene rings is 2. The first kappa shape index (κ1) is 20.9. The Kier molecular flexibility index (Phi) is 6.22. The normalized spacial score (nSPS) is 17.8. The van der Waals surface area contributed by atoms with Crippen molar-refractivity contribution in [3.63, 3.8) is 0 Å². The lowest BCUT2D eigenvalue weighted by Crippen LogP contribution is -2.47. The number of hydrogen-bond donors (Lipinski definition) is 0. The van der Waals surface area contributed by atoms with Gasteiger partial charge >= 0.3 is 0 Å². The summed E-state index contributed by atoms with van der Waals surface area (Å²) in [7, 11) is 0. The number of nitro benzene ring substituents is 1. The zero-order valence-corrected chi connectivity index (χ0v) is 17.9. The Hall–Kier alpha value is -3.33. The summed E-state index contributed by atoms with van der Waals surface area (Å²) in [6.45, 7) is 5.42. The number of piperazine rings is 1. The van der Waals surface area contributed by atoms with E-state index in [-0.39, 0.29) is 11.6 Å². The van der Waals surface area contributed by atoms with Gasteiger partial charge in [-0.05, 0) is 43.0 Å². The number of aliphatic imine (C=N–C) groups is 1. The smallest absolute Gasteiger partial charge is 0.286 e. The van der Waals surface area contributed by atoms with Crippen molar-refractivity contribution < 1.29 is 14.5 Å². The topological polar surface area (TPSA) is 88.3 Å². The second kappa shape index (κ2) is 9.22. The zero-order valence-electron chi connectivity index (χ0n) is 17.1. The highest BCUT2D eigenvalue weighted by Gasteiger charge is 2.29. The van der Waals surface area contributed by atoms with Crippen molar-refractivity contribution in [3.05, 3.63) is 69.1 Å². The molecule has 31 heavy (non-hydrogen) atoms. The molecular weight excluding hydrogens is 416 g/mol. The number of para-hydroxylation sites is 1. The molecule has 0 N–H and O–H groups in total. The summed E-state index contributed by atoms with van der Waals surface area (Å²) in [5.41, 5.74) is 1.90. The van der Waals surface area contributed by atoms with Crippen LogP contribution < -0.4 is 9.64 Å². The molecule has 1 saturated heterocycles. The molecule has 2 aliphatic heterocycles. The zero-order chi connectivity index (χ0) is 21.8. The van der Waals surface area contributed by atoms with Crippen LogP contribution in [0.4, 0.5) is 11.4 Å². The standard InChI is InChI=1S/C22H22N4O4S/c1-2-30-19-6-4-3-5-16(19)15-20-21(27)23-22(31-20)25-13-11-24(12-14-25)17-7-9-18(10-8-17)26(28)29/h3-10,15H,2,11-14H2,1H3. The number of amides is 1. The molecule has 2 aromatic rings. The average Bonchev–Trinajstić information content (AvgIpc) is 3.15. The number of nitrogens with zero attached hydrogens (tertiary/aromatic N) is 4. The lowest BCUT2D eigenvalue weighted by molar-refractivity contribution is -0.384. The number of nitro groups is 1. The Labute approximate surface area is 184 Å². The van der Waals surface area contributed by atoms with Gasteiger partial charge in [0.15, 0.2) is 5.17 Å². The van der Waals surface area contributed by atoms with Crippen LogP contribution in [0.25, 0.3) is 6.08 Å². The first-order valence-corrected chi connectivity index (χ1v) is 10.9. The Morgan fingerprint density at radius 2 is 1.77 bits per heavy atom. The van der Waals surface area contributed by atoms with Gasteiger partial charge in [-0.1, -0.05) is 18.2 Å². The Balaban J connectivity index is 1.39. The van der Waals surface area contributed by atoms with Crippen molar-refractivity contribution in [2.24, 2.45) is 4.99 Å². The van der Waals surface area contributed by atoms with E-state index in [1.54, 1.807) is 12.1 Å². The van der Waals surface area contributed by atoms with E-state index >= 15 is 0 Å². The Bertz CT molecular complexity index is 1040. The summed E-state index contributed by atoms with van der Waals surface area (Å²) in [6.07, 6.45) is 1.83. The maximum atomic E-state index is 12.5. The van der Waals surface area contributed by atoms with Gasteiger partial charge in [0.2, 0.25) is 0 Å². The third-order valence-corrected chi connectivity index (χ3v) is 6.13. The molecule has 0 bridgehead atoms. The molecule has 8 nitrogen and oxygen atoms in total. The molecule has 1 amide bonds. The molecule has 0 radical (unpaired) electrons. The lowest BCUT2D eigenvalue weighted by atomic mass is 10.2. The summed E-state index contributed by atoms with van der Waals surface area (Å²) >= 11 is 1.39. The fourth-order valence-electron chi connectivity index (χ4n) is 3.50. The van der Waals surface area contributed by atoms with Crippen molar-refractivity contribution >= 4 is 40.3 Å². The molecular formula is C22H22N4O4S. The molecule has 0 unspecified atom stereocenters. The van der Waals surface area contributed by atoms with E-state index in [9.17, 15) is 14.9 Å². The van der Waals surface area contributed by atoms with Crippen LogP contribution in [-0.2, 0) is 4.79 Å². The second-order valence-electron chi connectivity index (χ2n) is 7.03. The van der Waals surface area contributed by atoms with Gasteiger partial charge in [0, 0.05) is 49.6 Å². The van der Waals surface area contributed by atoms with Crippen molar-refractivity contribution in [1.82, 2.24) is 4.90 Å². The number of ether oxygens (including phenoxy) is 1. The largest absolute Gasteiger partial charge is 0.493 e. The molecule has 1 fully saturated rings. The van der Waals surface area contributed by atoms with Crippen LogP contribution in [0, 0.1) is 10.1 Å². The highest BCUT2D eigenvalue weighted by Crippen LogP contribution is 2.33. The summed E-state index contributed by atoms with van der Waals surface area (Å²) in [4.78, 5) is 32.0. The van der Waals surface area contributed by atoms with Gasteiger partial charge in [-0.25, -0.2) is 0 Å². The lowest BCUT2D eigenvalue weighted by Gasteiger charge is -2.36. The van der Waals surface area contributed by atoms with Crippen LogP contribution >= 0.6 is 11.8 Å². The third kappa shape index (κ3) is 4.72. The molecule has 0 spiro atoms. The summed E-state index contributed by atoms with van der Waals surface area (Å²) in [5.74, 6) is 0.514. The van der Waals surface area contributed by atoms with E-state index in [0.717, 1.165) is 43.2 Å². The van der Waals surface area contributed by atoms with Gasteiger partial charge in [0.05, 0.1) is 16.4 Å². The molecule has 0 saturated carbocycles. The molecule has 9 heteroatoms. The Morgan fingerprint density at radius 1 is 1.10 bits per heavy atom. The van der Waals surface area contributed by atoms with E-state index in [1.807, 2.05) is 37.3 Å². The van der Waals surface area contributed by atoms with E-state index in [2.05, 4.69) is 14.8 Å². The molecule has 2 heterocycles. The SMILES string of the molecule is CCOc1ccccc1C=C1SC(N2CCN(c3ccc([N+](=O)[O-])cc3)CC2)=NC1=O. The van der Waals surface area contributed by atoms with Crippen LogP contribution in [0.5, 0.6) is 5.75 Å². The van der Waals surface area contributed by atoms with Crippen molar-refractivity contribution in [1.29, 1.82) is 0 Å². The van der Waals surface area contributed by atoms with E-state index in [0.29, 0.717) is 16.7 Å². The molecule has 4 rings (SSSR count). The first-order valence-electron chi connectivity index (χ1n) is 10.0. The predicted octanol–water partition coefficient (Wildman–Crippen LogP) is 3.79. The number of anilines is 1. The van der Waals surface area contributed by atoms with Crippen molar-refractivity contribution in [2.75, 3.05) is 37.7 Å². The maximum Gasteiger partial charge on any atom is 0.286 e. The molecule has 2 aromatic carbocycles.